The highest BCUT2D eigenvalue weighted by Crippen LogP contribution is 2.27. The number of nitrogens with one attached hydrogen (secondary N) is 1. The van der Waals surface area contributed by atoms with Gasteiger partial charge in [0, 0.05) is 44.1 Å². The van der Waals surface area contributed by atoms with E-state index in [-0.39, 0.29) is 6.04 Å². The number of likely N-dealkylation sites (tertiary alicyclic amines) is 1. The van der Waals surface area contributed by atoms with Gasteiger partial charge in [-0.2, -0.15) is 0 Å². The van der Waals surface area contributed by atoms with Gasteiger partial charge in [-0.25, -0.2) is 4.98 Å². The maximum atomic E-state index is 6.05. The Labute approximate surface area is 173 Å². The summed E-state index contributed by atoms with van der Waals surface area (Å²) in [5, 5.41) is 4.35. The van der Waals surface area contributed by atoms with Gasteiger partial charge in [-0.1, -0.05) is 30.7 Å². The van der Waals surface area contributed by atoms with Gasteiger partial charge in [-0.3, -0.25) is 4.99 Å². The number of aromatic nitrogens is 2. The van der Waals surface area contributed by atoms with Crippen molar-refractivity contribution < 1.29 is 0 Å². The van der Waals surface area contributed by atoms with E-state index in [2.05, 4.69) is 69.0 Å². The molecular weight excluding hydrogens is 372 g/mol. The van der Waals surface area contributed by atoms with E-state index in [0.717, 1.165) is 37.0 Å². The molecule has 1 saturated heterocycles. The van der Waals surface area contributed by atoms with Crippen LogP contribution in [0.25, 0.3) is 0 Å². The smallest absolute Gasteiger partial charge is 0.193 e. The fraction of sp³-hybridized carbons (Fsp3) is 0.524. The Balaban J connectivity index is 1.67. The van der Waals surface area contributed by atoms with Crippen molar-refractivity contribution in [1.82, 2.24) is 24.7 Å². The van der Waals surface area contributed by atoms with E-state index >= 15 is 0 Å². The van der Waals surface area contributed by atoms with Crippen molar-refractivity contribution in [2.75, 3.05) is 40.8 Å². The van der Waals surface area contributed by atoms with Crippen LogP contribution in [0.3, 0.4) is 0 Å². The van der Waals surface area contributed by atoms with E-state index in [0.29, 0.717) is 12.0 Å². The van der Waals surface area contributed by atoms with Crippen LogP contribution in [0.2, 0.25) is 5.02 Å². The Hall–Kier alpha value is -2.05. The number of hydrogen-bond acceptors (Lipinski definition) is 3. The zero-order valence-corrected chi connectivity index (χ0v) is 18.0. The number of hydrogen-bond donors (Lipinski definition) is 1. The highest BCUT2D eigenvalue weighted by molar-refractivity contribution is 6.30. The standard InChI is InChI=1S/C21H31ClN6/c1-16-9-11-27(14-20(16)28-12-10-24-15-28)21(23-2)25-13-19(26(3)4)17-5-7-18(22)8-6-17/h5-8,10,12,15-16,19-20H,9,11,13-14H2,1-4H3,(H,23,25). The molecule has 0 aliphatic carbocycles. The van der Waals surface area contributed by atoms with Gasteiger partial charge in [0.2, 0.25) is 0 Å². The SMILES string of the molecule is CN=C(NCC(c1ccc(Cl)cc1)N(C)C)N1CCC(C)C(n2ccnc2)C1. The highest BCUT2D eigenvalue weighted by Gasteiger charge is 2.29. The van der Waals surface area contributed by atoms with E-state index in [1.165, 1.54) is 5.56 Å². The molecule has 2 heterocycles. The number of rotatable bonds is 5. The number of benzene rings is 1. The summed E-state index contributed by atoms with van der Waals surface area (Å²) >= 11 is 6.05. The molecule has 3 unspecified atom stereocenters. The van der Waals surface area contributed by atoms with Crippen molar-refractivity contribution in [1.29, 1.82) is 0 Å². The summed E-state index contributed by atoms with van der Waals surface area (Å²) in [7, 11) is 6.06. The van der Waals surface area contributed by atoms with Crippen molar-refractivity contribution in [2.45, 2.75) is 25.4 Å². The molecule has 0 amide bonds. The van der Waals surface area contributed by atoms with Crippen LogP contribution in [0.15, 0.2) is 48.0 Å². The molecule has 0 spiro atoms. The second kappa shape index (κ2) is 9.43. The first-order valence-electron chi connectivity index (χ1n) is 9.84. The van der Waals surface area contributed by atoms with Gasteiger partial charge < -0.3 is 19.7 Å². The molecule has 0 radical (unpaired) electrons. The van der Waals surface area contributed by atoms with Crippen LogP contribution in [-0.4, -0.2) is 66.1 Å². The zero-order valence-electron chi connectivity index (χ0n) is 17.2. The minimum absolute atomic E-state index is 0.238. The largest absolute Gasteiger partial charge is 0.354 e. The third-order valence-corrected chi connectivity index (χ3v) is 5.92. The monoisotopic (exact) mass is 402 g/mol. The van der Waals surface area contributed by atoms with E-state index in [4.69, 9.17) is 11.6 Å². The van der Waals surface area contributed by atoms with E-state index in [1.807, 2.05) is 31.7 Å². The van der Waals surface area contributed by atoms with Crippen LogP contribution in [0.1, 0.15) is 31.0 Å². The van der Waals surface area contributed by atoms with E-state index in [9.17, 15) is 0 Å². The molecule has 28 heavy (non-hydrogen) atoms. The van der Waals surface area contributed by atoms with Crippen LogP contribution in [0.4, 0.5) is 0 Å². The van der Waals surface area contributed by atoms with Crippen molar-refractivity contribution in [2.24, 2.45) is 10.9 Å². The quantitative estimate of drug-likeness (QED) is 0.615. The zero-order chi connectivity index (χ0) is 20.1. The molecule has 3 atom stereocenters. The summed E-state index contributed by atoms with van der Waals surface area (Å²) in [6.07, 6.45) is 6.97. The van der Waals surface area contributed by atoms with Crippen LogP contribution in [0.5, 0.6) is 0 Å². The number of halogens is 1. The first kappa shape index (κ1) is 20.7. The van der Waals surface area contributed by atoms with E-state index in [1.54, 1.807) is 0 Å². The van der Waals surface area contributed by atoms with Crippen molar-refractivity contribution in [3.8, 4) is 0 Å². The molecule has 0 bridgehead atoms. The lowest BCUT2D eigenvalue weighted by Crippen LogP contribution is -2.50. The molecule has 1 aromatic carbocycles. The lowest BCUT2D eigenvalue weighted by molar-refractivity contribution is 0.187. The Morgan fingerprint density at radius 1 is 1.36 bits per heavy atom. The Morgan fingerprint density at radius 3 is 2.71 bits per heavy atom. The molecule has 0 saturated carbocycles. The highest BCUT2D eigenvalue weighted by atomic mass is 35.5. The molecule has 3 rings (SSSR count). The van der Waals surface area contributed by atoms with Gasteiger partial charge in [-0.05, 0) is 44.1 Å². The Morgan fingerprint density at radius 2 is 2.11 bits per heavy atom. The molecule has 1 N–H and O–H groups in total. The molecule has 152 valence electrons. The average Bonchev–Trinajstić information content (AvgIpc) is 3.21. The summed E-state index contributed by atoms with van der Waals surface area (Å²) in [4.78, 5) is 13.4. The second-order valence-corrected chi connectivity index (χ2v) is 8.18. The molecule has 7 heteroatoms. The summed E-state index contributed by atoms with van der Waals surface area (Å²) < 4.78 is 2.22. The number of aliphatic imine (C=N–C) groups is 1. The number of piperidine rings is 1. The Bertz CT molecular complexity index is 756. The number of likely N-dealkylation sites (N-methyl/N-ethyl adjacent to an activating group) is 1. The molecule has 1 aromatic heterocycles. The van der Waals surface area contributed by atoms with E-state index < -0.39 is 0 Å². The maximum absolute atomic E-state index is 6.05. The second-order valence-electron chi connectivity index (χ2n) is 7.75. The van der Waals surface area contributed by atoms with Gasteiger partial charge in [0.15, 0.2) is 5.96 Å². The first-order valence-corrected chi connectivity index (χ1v) is 10.2. The van der Waals surface area contributed by atoms with Crippen molar-refractivity contribution >= 4 is 17.6 Å². The van der Waals surface area contributed by atoms with Gasteiger partial charge in [0.05, 0.1) is 18.4 Å². The molecule has 1 fully saturated rings. The number of guanidine groups is 1. The fourth-order valence-corrected chi connectivity index (χ4v) is 4.02. The third kappa shape index (κ3) is 4.86. The van der Waals surface area contributed by atoms with Crippen LogP contribution >= 0.6 is 11.6 Å². The number of nitrogens with zero attached hydrogens (tertiary/aromatic N) is 5. The minimum atomic E-state index is 0.238. The normalized spacial score (nSPS) is 21.8. The molecular formula is C21H31ClN6. The van der Waals surface area contributed by atoms with Crippen molar-refractivity contribution in [3.63, 3.8) is 0 Å². The van der Waals surface area contributed by atoms with Crippen molar-refractivity contribution in [3.05, 3.63) is 53.6 Å². The summed E-state index contributed by atoms with van der Waals surface area (Å²) in [6, 6.07) is 8.73. The predicted octanol–water partition coefficient (Wildman–Crippen LogP) is 3.30. The number of imidazole rings is 1. The molecule has 1 aliphatic heterocycles. The van der Waals surface area contributed by atoms with Crippen LogP contribution < -0.4 is 5.32 Å². The summed E-state index contributed by atoms with van der Waals surface area (Å²) in [6.45, 7) is 5.05. The van der Waals surface area contributed by atoms with Crippen LogP contribution in [0, 0.1) is 5.92 Å². The molecule has 2 aromatic rings. The lowest BCUT2D eigenvalue weighted by atomic mass is 9.93. The fourth-order valence-electron chi connectivity index (χ4n) is 3.90. The maximum Gasteiger partial charge on any atom is 0.193 e. The lowest BCUT2D eigenvalue weighted by Gasteiger charge is -2.39. The molecule has 1 aliphatic rings. The summed E-state index contributed by atoms with van der Waals surface area (Å²) in [5.74, 6) is 1.57. The predicted molar refractivity (Wildman–Crippen MR) is 116 cm³/mol. The van der Waals surface area contributed by atoms with Gasteiger partial charge >= 0.3 is 0 Å². The third-order valence-electron chi connectivity index (χ3n) is 5.67. The minimum Gasteiger partial charge on any atom is -0.354 e. The summed E-state index contributed by atoms with van der Waals surface area (Å²) in [5.41, 5.74) is 1.24. The molecule has 6 nitrogen and oxygen atoms in total. The topological polar surface area (TPSA) is 48.7 Å². The van der Waals surface area contributed by atoms with Gasteiger partial charge in [0.1, 0.15) is 0 Å². The van der Waals surface area contributed by atoms with Gasteiger partial charge in [0.25, 0.3) is 0 Å². The Kier molecular flexibility index (Phi) is 6.97. The first-order chi connectivity index (χ1) is 13.5. The average molecular weight is 403 g/mol. The van der Waals surface area contributed by atoms with Gasteiger partial charge in [-0.15, -0.1) is 0 Å². The van der Waals surface area contributed by atoms with Crippen LogP contribution in [-0.2, 0) is 0 Å².